The Balaban J connectivity index is 1.85. The molecule has 2 aliphatic rings. The summed E-state index contributed by atoms with van der Waals surface area (Å²) in [5, 5.41) is 8.80. The van der Waals surface area contributed by atoms with Crippen molar-refractivity contribution in [3.05, 3.63) is 0 Å². The molecule has 2 heterocycles. The van der Waals surface area contributed by atoms with Gasteiger partial charge in [-0.05, 0) is 18.8 Å². The highest BCUT2D eigenvalue weighted by atomic mass is 16.4. The van der Waals surface area contributed by atoms with E-state index in [1.165, 1.54) is 0 Å². The fourth-order valence-corrected chi connectivity index (χ4v) is 2.82. The highest BCUT2D eigenvalue weighted by molar-refractivity contribution is 5.75. The first-order valence-corrected chi connectivity index (χ1v) is 7.04. The fraction of sp³-hybridized carbons (Fsp3) is 0.846. The van der Waals surface area contributed by atoms with E-state index in [1.54, 1.807) is 0 Å². The second-order valence-electron chi connectivity index (χ2n) is 5.63. The molecule has 19 heavy (non-hydrogen) atoms. The van der Waals surface area contributed by atoms with Crippen molar-refractivity contribution in [2.75, 3.05) is 45.8 Å². The molecule has 0 radical (unpaired) electrons. The van der Waals surface area contributed by atoms with E-state index < -0.39 is 5.97 Å². The van der Waals surface area contributed by atoms with Gasteiger partial charge in [-0.1, -0.05) is 6.92 Å². The molecule has 1 atom stereocenters. The van der Waals surface area contributed by atoms with Gasteiger partial charge in [0.15, 0.2) is 0 Å². The first-order valence-electron chi connectivity index (χ1n) is 7.04. The lowest BCUT2D eigenvalue weighted by Crippen LogP contribution is -2.44. The summed E-state index contributed by atoms with van der Waals surface area (Å²) in [6, 6.07) is 0.126. The Morgan fingerprint density at radius 3 is 2.53 bits per heavy atom. The second kappa shape index (κ2) is 6.23. The van der Waals surface area contributed by atoms with Crippen LogP contribution in [-0.4, -0.2) is 77.6 Å². The Morgan fingerprint density at radius 1 is 1.11 bits per heavy atom. The molecule has 2 amide bonds. The van der Waals surface area contributed by atoms with Gasteiger partial charge in [0.05, 0.1) is 6.54 Å². The van der Waals surface area contributed by atoms with Crippen LogP contribution in [0.4, 0.5) is 4.79 Å². The van der Waals surface area contributed by atoms with Gasteiger partial charge in [-0.3, -0.25) is 9.69 Å². The van der Waals surface area contributed by atoms with Crippen molar-refractivity contribution >= 4 is 12.0 Å². The average molecular weight is 269 g/mol. The largest absolute Gasteiger partial charge is 0.480 e. The molecule has 1 N–H and O–H groups in total. The molecule has 2 fully saturated rings. The third kappa shape index (κ3) is 3.83. The molecular formula is C13H23N3O3. The summed E-state index contributed by atoms with van der Waals surface area (Å²) in [6.07, 6.45) is 1.94. The van der Waals surface area contributed by atoms with E-state index in [4.69, 9.17) is 5.11 Å². The van der Waals surface area contributed by atoms with Crippen LogP contribution in [0.2, 0.25) is 0 Å². The van der Waals surface area contributed by atoms with E-state index >= 15 is 0 Å². The summed E-state index contributed by atoms with van der Waals surface area (Å²) in [6.45, 7) is 6.74. The first kappa shape index (κ1) is 14.1. The van der Waals surface area contributed by atoms with Crippen molar-refractivity contribution < 1.29 is 14.7 Å². The van der Waals surface area contributed by atoms with Gasteiger partial charge in [0, 0.05) is 39.3 Å². The number of carbonyl (C=O) groups is 2. The molecule has 0 aromatic carbocycles. The Labute approximate surface area is 114 Å². The maximum absolute atomic E-state index is 12.3. The highest BCUT2D eigenvalue weighted by Gasteiger charge is 2.28. The minimum atomic E-state index is -0.798. The van der Waals surface area contributed by atoms with E-state index in [-0.39, 0.29) is 12.6 Å². The maximum Gasteiger partial charge on any atom is 0.320 e. The predicted molar refractivity (Wildman–Crippen MR) is 71.0 cm³/mol. The van der Waals surface area contributed by atoms with Crippen LogP contribution in [0.3, 0.4) is 0 Å². The van der Waals surface area contributed by atoms with E-state index in [0.29, 0.717) is 19.0 Å². The lowest BCUT2D eigenvalue weighted by Gasteiger charge is -2.27. The van der Waals surface area contributed by atoms with Gasteiger partial charge in [-0.25, -0.2) is 4.79 Å². The number of aliphatic carboxylic acids is 1. The summed E-state index contributed by atoms with van der Waals surface area (Å²) in [5.41, 5.74) is 0. The van der Waals surface area contributed by atoms with Gasteiger partial charge in [0.2, 0.25) is 0 Å². The number of carboxylic acid groups (broad SMARTS) is 1. The molecule has 108 valence electrons. The molecule has 0 bridgehead atoms. The number of rotatable bonds is 2. The van der Waals surface area contributed by atoms with Gasteiger partial charge >= 0.3 is 12.0 Å². The first-order chi connectivity index (χ1) is 9.06. The van der Waals surface area contributed by atoms with Gasteiger partial charge in [-0.2, -0.15) is 0 Å². The number of likely N-dealkylation sites (tertiary alicyclic amines) is 1. The molecule has 0 aromatic heterocycles. The predicted octanol–water partition coefficient (Wildman–Crippen LogP) is 0.541. The molecule has 2 rings (SSSR count). The molecule has 0 spiro atoms. The van der Waals surface area contributed by atoms with Crippen LogP contribution in [0.5, 0.6) is 0 Å². The van der Waals surface area contributed by atoms with E-state index in [2.05, 4.69) is 6.92 Å². The second-order valence-corrected chi connectivity index (χ2v) is 5.63. The van der Waals surface area contributed by atoms with E-state index in [9.17, 15) is 9.59 Å². The van der Waals surface area contributed by atoms with Gasteiger partial charge < -0.3 is 14.9 Å². The van der Waals surface area contributed by atoms with Crippen molar-refractivity contribution in [3.8, 4) is 0 Å². The Bertz CT molecular complexity index is 348. The number of carbonyl (C=O) groups excluding carboxylic acids is 1. The van der Waals surface area contributed by atoms with Crippen molar-refractivity contribution in [1.82, 2.24) is 14.7 Å². The molecule has 1 unspecified atom stereocenters. The Hall–Kier alpha value is -1.30. The highest BCUT2D eigenvalue weighted by Crippen LogP contribution is 2.17. The zero-order valence-corrected chi connectivity index (χ0v) is 11.5. The van der Waals surface area contributed by atoms with Crippen LogP contribution < -0.4 is 0 Å². The smallest absolute Gasteiger partial charge is 0.320 e. The fourth-order valence-electron chi connectivity index (χ4n) is 2.82. The van der Waals surface area contributed by atoms with Crippen LogP contribution >= 0.6 is 0 Å². The lowest BCUT2D eigenvalue weighted by molar-refractivity contribution is -0.138. The topological polar surface area (TPSA) is 64.1 Å². The minimum Gasteiger partial charge on any atom is -0.480 e. The molecule has 0 saturated carbocycles. The summed E-state index contributed by atoms with van der Waals surface area (Å²) < 4.78 is 0. The number of amides is 2. The summed E-state index contributed by atoms with van der Waals surface area (Å²) >= 11 is 0. The molecule has 6 nitrogen and oxygen atoms in total. The number of nitrogens with zero attached hydrogens (tertiary/aromatic N) is 3. The van der Waals surface area contributed by atoms with Crippen LogP contribution in [-0.2, 0) is 4.79 Å². The van der Waals surface area contributed by atoms with Crippen LogP contribution in [0.15, 0.2) is 0 Å². The van der Waals surface area contributed by atoms with Crippen LogP contribution in [0.1, 0.15) is 19.8 Å². The summed E-state index contributed by atoms with van der Waals surface area (Å²) in [5.74, 6) is -0.201. The summed E-state index contributed by atoms with van der Waals surface area (Å²) in [4.78, 5) is 28.8. The maximum atomic E-state index is 12.3. The summed E-state index contributed by atoms with van der Waals surface area (Å²) in [7, 11) is 0. The monoisotopic (exact) mass is 269 g/mol. The van der Waals surface area contributed by atoms with Crippen LogP contribution in [0, 0.1) is 5.92 Å². The molecule has 6 heteroatoms. The van der Waals surface area contributed by atoms with Crippen molar-refractivity contribution in [1.29, 1.82) is 0 Å². The third-order valence-corrected chi connectivity index (χ3v) is 3.91. The quantitative estimate of drug-likeness (QED) is 0.794. The third-order valence-electron chi connectivity index (χ3n) is 3.91. The zero-order chi connectivity index (χ0) is 13.8. The molecule has 2 aliphatic heterocycles. The number of hydrogen-bond donors (Lipinski definition) is 1. The average Bonchev–Trinajstić information content (AvgIpc) is 2.65. The zero-order valence-electron chi connectivity index (χ0n) is 11.5. The minimum absolute atomic E-state index is 0.0722. The van der Waals surface area contributed by atoms with E-state index in [1.807, 2.05) is 14.7 Å². The van der Waals surface area contributed by atoms with Gasteiger partial charge in [-0.15, -0.1) is 0 Å². The number of hydrogen-bond acceptors (Lipinski definition) is 3. The lowest BCUT2D eigenvalue weighted by atomic mass is 10.2. The standard InChI is InChI=1S/C13H23N3O3/c1-11-3-6-16(9-11)13(19)15-5-2-4-14(7-8-15)10-12(17)18/h11H,2-10H2,1H3,(H,17,18). The number of carboxylic acids is 1. The van der Waals surface area contributed by atoms with Gasteiger partial charge in [0.1, 0.15) is 0 Å². The van der Waals surface area contributed by atoms with E-state index in [0.717, 1.165) is 39.0 Å². The Morgan fingerprint density at radius 2 is 1.89 bits per heavy atom. The van der Waals surface area contributed by atoms with Crippen LogP contribution in [0.25, 0.3) is 0 Å². The SMILES string of the molecule is CC1CCN(C(=O)N2CCCN(CC(=O)O)CC2)C1. The molecule has 2 saturated heterocycles. The normalized spacial score (nSPS) is 25.4. The van der Waals surface area contributed by atoms with Crippen molar-refractivity contribution in [2.45, 2.75) is 19.8 Å². The van der Waals surface area contributed by atoms with Crippen molar-refractivity contribution in [2.24, 2.45) is 5.92 Å². The Kier molecular flexibility index (Phi) is 4.63. The molecular weight excluding hydrogens is 246 g/mol. The van der Waals surface area contributed by atoms with Gasteiger partial charge in [0.25, 0.3) is 0 Å². The molecule has 0 aliphatic carbocycles. The van der Waals surface area contributed by atoms with Crippen molar-refractivity contribution in [3.63, 3.8) is 0 Å². The number of urea groups is 1. The molecule has 0 aromatic rings.